The van der Waals surface area contributed by atoms with Crippen LogP contribution in [0.15, 0.2) is 36.4 Å². The number of nitrogens with two attached hydrogens (primary N) is 1. The van der Waals surface area contributed by atoms with E-state index in [9.17, 15) is 35.4 Å². The molecule has 17 heteroatoms. The maximum absolute atomic E-state index is 14.6. The van der Waals surface area contributed by atoms with Crippen LogP contribution < -0.4 is 10.5 Å². The number of carbonyl (C=O) groups is 2. The van der Waals surface area contributed by atoms with Crippen LogP contribution in [0.5, 0.6) is 0 Å². The first kappa shape index (κ1) is 44.2. The molecule has 0 saturated heterocycles. The largest absolute Gasteiger partial charge is 0.416 e. The number of rotatable bonds is 13. The second-order valence-corrected chi connectivity index (χ2v) is 12.8. The van der Waals surface area contributed by atoms with Crippen molar-refractivity contribution >= 4 is 48.5 Å². The van der Waals surface area contributed by atoms with E-state index in [0.717, 1.165) is 28.6 Å². The van der Waals surface area contributed by atoms with Gasteiger partial charge in [-0.15, -0.1) is 16.7 Å². The zero-order valence-electron chi connectivity index (χ0n) is 28.5. The summed E-state index contributed by atoms with van der Waals surface area (Å²) in [6.07, 6.45) is 0.260. The van der Waals surface area contributed by atoms with Gasteiger partial charge in [0, 0.05) is 25.6 Å². The number of ether oxygens (including phenoxy) is 1. The van der Waals surface area contributed by atoms with E-state index in [2.05, 4.69) is 54.0 Å². The molecular weight excluding hydrogens is 695 g/mol. The quantitative estimate of drug-likeness (QED) is 0.0931. The summed E-state index contributed by atoms with van der Waals surface area (Å²) in [6.45, 7) is 6.07. The van der Waals surface area contributed by atoms with Crippen LogP contribution in [0.3, 0.4) is 0 Å². The van der Waals surface area contributed by atoms with Gasteiger partial charge in [0.1, 0.15) is 11.3 Å². The fraction of sp³-hybridized carbons (Fsp3) is 0.562. The predicted octanol–water partition coefficient (Wildman–Crippen LogP) is 7.64. The molecule has 0 unspecified atom stereocenters. The summed E-state index contributed by atoms with van der Waals surface area (Å²) >= 11 is 2.83. The molecular formula is C32H46F6N6O3S2. The van der Waals surface area contributed by atoms with Crippen LogP contribution in [0, 0.1) is 5.92 Å². The highest BCUT2D eigenvalue weighted by molar-refractivity contribution is 7.92. The average molecular weight is 741 g/mol. The topological polar surface area (TPSA) is 115 Å². The molecule has 1 aliphatic carbocycles. The number of pyridine rings is 1. The molecule has 0 aliphatic heterocycles. The molecule has 2 aromatic heterocycles. The number of nitrogens with one attached hydrogen (secondary N) is 1. The molecule has 0 bridgehead atoms. The number of hydrogen-bond donors (Lipinski definition) is 3. The van der Waals surface area contributed by atoms with Crippen LogP contribution in [0.1, 0.15) is 86.1 Å². The Hall–Kier alpha value is -2.86. The lowest BCUT2D eigenvalue weighted by Crippen LogP contribution is -2.44. The Balaban J connectivity index is 0.00000118. The molecule has 1 aromatic carbocycles. The van der Waals surface area contributed by atoms with Crippen molar-refractivity contribution in [2.24, 2.45) is 11.1 Å². The number of aromatic nitrogens is 3. The molecule has 0 spiro atoms. The lowest BCUT2D eigenvalue weighted by atomic mass is 10.1. The number of aldehydes is 1. The molecule has 1 saturated carbocycles. The lowest BCUT2D eigenvalue weighted by molar-refractivity contribution is -0.263. The van der Waals surface area contributed by atoms with E-state index in [1.54, 1.807) is 6.07 Å². The highest BCUT2D eigenvalue weighted by Gasteiger charge is 2.48. The zero-order chi connectivity index (χ0) is 37.4. The van der Waals surface area contributed by atoms with Crippen molar-refractivity contribution in [3.8, 4) is 0 Å². The number of amides is 1. The summed E-state index contributed by atoms with van der Waals surface area (Å²) in [6, 6.07) is 8.82. The van der Waals surface area contributed by atoms with Crippen molar-refractivity contribution in [3.63, 3.8) is 0 Å². The summed E-state index contributed by atoms with van der Waals surface area (Å²) in [7, 11) is 1.21. The molecule has 3 aromatic rings. The van der Waals surface area contributed by atoms with Crippen LogP contribution in [-0.4, -0.2) is 75.5 Å². The Bertz CT molecular complexity index is 1450. The molecule has 1 amide bonds. The van der Waals surface area contributed by atoms with E-state index < -0.39 is 36.7 Å². The Morgan fingerprint density at radius 2 is 1.67 bits per heavy atom. The summed E-state index contributed by atoms with van der Waals surface area (Å²) in [5.74, 6) is -3.12. The molecule has 9 nitrogen and oxygen atoms in total. The smallest absolute Gasteiger partial charge is 0.366 e. The van der Waals surface area contributed by atoms with Gasteiger partial charge in [-0.25, -0.2) is 22.7 Å². The minimum atomic E-state index is -4.59. The van der Waals surface area contributed by atoms with Crippen LogP contribution in [0.25, 0.3) is 11.2 Å². The fourth-order valence-corrected chi connectivity index (χ4v) is 4.12. The second-order valence-electron chi connectivity index (χ2n) is 12.3. The number of imidazole rings is 1. The zero-order valence-corrected chi connectivity index (χ0v) is 30.2. The highest BCUT2D eigenvalue weighted by atomic mass is 32.2. The minimum absolute atomic E-state index is 0.0159. The van der Waals surface area contributed by atoms with Gasteiger partial charge in [-0.3, -0.25) is 14.7 Å². The van der Waals surface area contributed by atoms with Crippen molar-refractivity contribution in [3.05, 3.63) is 59.0 Å². The maximum Gasteiger partial charge on any atom is 0.416 e. The van der Waals surface area contributed by atoms with Gasteiger partial charge in [0.15, 0.2) is 29.9 Å². The number of halogens is 6. The first-order valence-corrected chi connectivity index (χ1v) is 16.6. The van der Waals surface area contributed by atoms with E-state index in [4.69, 9.17) is 4.74 Å². The molecule has 3 N–H and O–H groups in total. The summed E-state index contributed by atoms with van der Waals surface area (Å²) in [5, 5.41) is 6.76. The average Bonchev–Trinajstić information content (AvgIpc) is 3.88. The van der Waals surface area contributed by atoms with E-state index in [1.807, 2.05) is 0 Å². The first-order chi connectivity index (χ1) is 22.9. The summed E-state index contributed by atoms with van der Waals surface area (Å²) in [4.78, 5) is 32.9. The van der Waals surface area contributed by atoms with Gasteiger partial charge in [0.2, 0.25) is 0 Å². The van der Waals surface area contributed by atoms with Crippen molar-refractivity contribution in [2.45, 2.75) is 84.5 Å². The van der Waals surface area contributed by atoms with Crippen molar-refractivity contribution < 1.29 is 40.2 Å². The number of nitrogens with zero attached hydrogens (tertiary/aromatic N) is 4. The van der Waals surface area contributed by atoms with Gasteiger partial charge in [-0.05, 0) is 38.0 Å². The van der Waals surface area contributed by atoms with Crippen molar-refractivity contribution in [2.75, 3.05) is 26.7 Å². The standard InChI is InChI=1S/C25H27F6N5O3S.C4H10.C3H6.H3NS/c1-23(2,25(28,29)30)39-11-10-20-34-21-19(36(20)40-31)9-8-17(33-21)12-32-14-24(26,27)15-35(3)22(38)18-7-5-4-6-16(18)13-37;1-4(2)3;1-2-3-1;1-2/h4-9,13,32H,10-12,14-15H2,1-3H3;4H,1-3H3;1-3H2;2H,1H2. The molecule has 1 fully saturated rings. The van der Waals surface area contributed by atoms with Gasteiger partial charge in [0.25, 0.3) is 11.8 Å². The SMILES string of the molecule is C1CC1.CC(C)C.CN(CC(F)(F)CNCc1ccc2c(n1)nc(CCOC(C)(C)C(F)(F)F)n2SF)C(=O)c1ccccc1C=O.NS. The third-order valence-electron chi connectivity index (χ3n) is 6.32. The minimum Gasteiger partial charge on any atom is -0.366 e. The van der Waals surface area contributed by atoms with Gasteiger partial charge in [0.05, 0.1) is 31.0 Å². The molecule has 0 atom stereocenters. The number of thiol groups is 1. The summed E-state index contributed by atoms with van der Waals surface area (Å²) < 4.78 is 87.7. The van der Waals surface area contributed by atoms with Gasteiger partial charge in [-0.1, -0.05) is 58.2 Å². The highest BCUT2D eigenvalue weighted by Crippen LogP contribution is 2.33. The second kappa shape index (κ2) is 20.7. The Kier molecular flexibility index (Phi) is 18.7. The van der Waals surface area contributed by atoms with E-state index in [1.165, 1.54) is 56.6 Å². The van der Waals surface area contributed by atoms with Gasteiger partial charge in [-0.2, -0.15) is 13.2 Å². The number of alkyl halides is 5. The number of fused-ring (bicyclic) bond motifs is 1. The van der Waals surface area contributed by atoms with Crippen LogP contribution >= 0.6 is 25.1 Å². The molecule has 0 radical (unpaired) electrons. The Morgan fingerprint density at radius 3 is 2.20 bits per heavy atom. The van der Waals surface area contributed by atoms with Crippen LogP contribution in [-0.2, 0) is 17.7 Å². The molecule has 4 rings (SSSR count). The van der Waals surface area contributed by atoms with Gasteiger partial charge < -0.3 is 15.0 Å². The maximum atomic E-state index is 14.6. The van der Waals surface area contributed by atoms with Gasteiger partial charge >= 0.3 is 6.18 Å². The molecule has 276 valence electrons. The van der Waals surface area contributed by atoms with Crippen molar-refractivity contribution in [1.82, 2.24) is 24.2 Å². The third-order valence-corrected chi connectivity index (χ3v) is 6.86. The van der Waals surface area contributed by atoms with E-state index in [0.29, 0.717) is 12.0 Å². The lowest BCUT2D eigenvalue weighted by Gasteiger charge is -2.27. The fourth-order valence-electron chi connectivity index (χ4n) is 3.69. The van der Waals surface area contributed by atoms with E-state index >= 15 is 0 Å². The van der Waals surface area contributed by atoms with Crippen LogP contribution in [0.2, 0.25) is 0 Å². The van der Waals surface area contributed by atoms with E-state index in [-0.39, 0.29) is 60.0 Å². The number of benzene rings is 1. The molecule has 2 heterocycles. The molecule has 49 heavy (non-hydrogen) atoms. The normalized spacial score (nSPS) is 12.6. The monoisotopic (exact) mass is 740 g/mol. The first-order valence-electron chi connectivity index (χ1n) is 15.4. The molecule has 1 aliphatic rings. The predicted molar refractivity (Wildman–Crippen MR) is 184 cm³/mol. The number of hydrogen-bond acceptors (Lipinski definition) is 9. The van der Waals surface area contributed by atoms with Crippen molar-refractivity contribution in [1.29, 1.82) is 0 Å². The van der Waals surface area contributed by atoms with Crippen LogP contribution in [0.4, 0.5) is 25.8 Å². The Labute approximate surface area is 293 Å². The summed E-state index contributed by atoms with van der Waals surface area (Å²) in [5.41, 5.74) is -1.64. The third kappa shape index (κ3) is 15.3. The Morgan fingerprint density at radius 1 is 1.08 bits per heavy atom. The number of carbonyl (C=O) groups excluding carboxylic acids is 2.